The number of hydrogen-bond acceptors (Lipinski definition) is 5. The molecule has 2 aromatic carbocycles. The molecule has 26 heavy (non-hydrogen) atoms. The van der Waals surface area contributed by atoms with Gasteiger partial charge >= 0.3 is 0 Å². The van der Waals surface area contributed by atoms with Crippen molar-refractivity contribution in [3.63, 3.8) is 0 Å². The first-order chi connectivity index (χ1) is 12.5. The smallest absolute Gasteiger partial charge is 0.247 e. The summed E-state index contributed by atoms with van der Waals surface area (Å²) in [5.74, 6) is 1.09. The molecule has 0 saturated carbocycles. The fourth-order valence-electron chi connectivity index (χ4n) is 2.78. The van der Waals surface area contributed by atoms with Gasteiger partial charge in [0.15, 0.2) is 11.5 Å². The SMILES string of the molecule is COc1cc(Cl)c(CC(=O)N2CCC(c3ccc(O)cc3)=N2)cc1OC. The number of methoxy groups -OCH3 is 2. The van der Waals surface area contributed by atoms with Crippen LogP contribution in [0.4, 0.5) is 0 Å². The molecule has 0 aromatic heterocycles. The van der Waals surface area contributed by atoms with E-state index in [9.17, 15) is 9.90 Å². The number of hydrazone groups is 1. The minimum absolute atomic E-state index is 0.117. The molecule has 0 radical (unpaired) electrons. The topological polar surface area (TPSA) is 71.4 Å². The summed E-state index contributed by atoms with van der Waals surface area (Å²) in [5.41, 5.74) is 2.36. The Morgan fingerprint density at radius 3 is 2.50 bits per heavy atom. The van der Waals surface area contributed by atoms with E-state index in [2.05, 4.69) is 5.10 Å². The van der Waals surface area contributed by atoms with E-state index in [4.69, 9.17) is 21.1 Å². The average Bonchev–Trinajstić information content (AvgIpc) is 3.13. The highest BCUT2D eigenvalue weighted by Gasteiger charge is 2.23. The maximum absolute atomic E-state index is 12.6. The number of amides is 1. The van der Waals surface area contributed by atoms with Crippen molar-refractivity contribution in [1.29, 1.82) is 0 Å². The summed E-state index contributed by atoms with van der Waals surface area (Å²) in [6.07, 6.45) is 0.779. The highest BCUT2D eigenvalue weighted by molar-refractivity contribution is 6.31. The lowest BCUT2D eigenvalue weighted by atomic mass is 10.1. The lowest BCUT2D eigenvalue weighted by molar-refractivity contribution is -0.130. The summed E-state index contributed by atoms with van der Waals surface area (Å²) in [4.78, 5) is 12.6. The van der Waals surface area contributed by atoms with Crippen molar-refractivity contribution in [2.24, 2.45) is 5.10 Å². The second kappa shape index (κ2) is 7.66. The number of phenolic OH excluding ortho intramolecular Hbond substituents is 1. The van der Waals surface area contributed by atoms with E-state index < -0.39 is 0 Å². The van der Waals surface area contributed by atoms with E-state index in [1.165, 1.54) is 19.2 Å². The van der Waals surface area contributed by atoms with E-state index in [1.807, 2.05) is 0 Å². The molecule has 0 bridgehead atoms. The molecule has 1 amide bonds. The normalized spacial score (nSPS) is 13.5. The van der Waals surface area contributed by atoms with Crippen LogP contribution in [0.1, 0.15) is 17.5 Å². The Bertz CT molecular complexity index is 849. The van der Waals surface area contributed by atoms with Crippen molar-refractivity contribution in [3.05, 3.63) is 52.5 Å². The van der Waals surface area contributed by atoms with Crippen molar-refractivity contribution >= 4 is 23.2 Å². The van der Waals surface area contributed by atoms with E-state index in [0.29, 0.717) is 35.1 Å². The Balaban J connectivity index is 1.76. The number of benzene rings is 2. The van der Waals surface area contributed by atoms with Crippen molar-refractivity contribution in [2.75, 3.05) is 20.8 Å². The molecule has 0 atom stereocenters. The van der Waals surface area contributed by atoms with Gasteiger partial charge in [0.05, 0.1) is 32.9 Å². The van der Waals surface area contributed by atoms with Crippen molar-refractivity contribution in [2.45, 2.75) is 12.8 Å². The highest BCUT2D eigenvalue weighted by atomic mass is 35.5. The summed E-state index contributed by atoms with van der Waals surface area (Å²) < 4.78 is 10.5. The molecule has 0 unspecified atom stereocenters. The molecule has 0 saturated heterocycles. The Morgan fingerprint density at radius 2 is 1.85 bits per heavy atom. The molecule has 7 heteroatoms. The maximum Gasteiger partial charge on any atom is 0.247 e. The van der Waals surface area contributed by atoms with Gasteiger partial charge in [-0.1, -0.05) is 11.6 Å². The third-order valence-corrected chi connectivity index (χ3v) is 4.54. The van der Waals surface area contributed by atoms with Crippen LogP contribution in [0.25, 0.3) is 0 Å². The summed E-state index contributed by atoms with van der Waals surface area (Å²) in [7, 11) is 3.06. The van der Waals surface area contributed by atoms with Crippen LogP contribution in [0, 0.1) is 0 Å². The lowest BCUT2D eigenvalue weighted by Gasteiger charge is -2.14. The Labute approximate surface area is 156 Å². The first-order valence-corrected chi connectivity index (χ1v) is 8.47. The third kappa shape index (κ3) is 3.75. The molecular formula is C19H19ClN2O4. The predicted octanol–water partition coefficient (Wildman–Crippen LogP) is 3.24. The Kier molecular flexibility index (Phi) is 5.32. The van der Waals surface area contributed by atoms with Crippen molar-refractivity contribution in [1.82, 2.24) is 5.01 Å². The highest BCUT2D eigenvalue weighted by Crippen LogP contribution is 2.33. The monoisotopic (exact) mass is 374 g/mol. The number of ether oxygens (including phenoxy) is 2. The zero-order valence-electron chi connectivity index (χ0n) is 14.5. The van der Waals surface area contributed by atoms with Gasteiger partial charge in [0.25, 0.3) is 0 Å². The van der Waals surface area contributed by atoms with E-state index in [-0.39, 0.29) is 18.1 Å². The minimum atomic E-state index is -0.145. The van der Waals surface area contributed by atoms with Crippen LogP contribution in [-0.4, -0.2) is 42.5 Å². The van der Waals surface area contributed by atoms with Crippen LogP contribution in [0.5, 0.6) is 17.2 Å². The van der Waals surface area contributed by atoms with Crippen molar-refractivity contribution in [3.8, 4) is 17.2 Å². The molecule has 136 valence electrons. The molecule has 6 nitrogen and oxygen atoms in total. The molecule has 1 heterocycles. The summed E-state index contributed by atoms with van der Waals surface area (Å²) >= 11 is 6.26. The van der Waals surface area contributed by atoms with Gasteiger partial charge in [-0.3, -0.25) is 4.79 Å². The van der Waals surface area contributed by atoms with Gasteiger partial charge in [-0.05, 0) is 41.5 Å². The van der Waals surface area contributed by atoms with E-state index in [1.54, 1.807) is 36.4 Å². The van der Waals surface area contributed by atoms with Gasteiger partial charge in [-0.25, -0.2) is 5.01 Å². The van der Waals surface area contributed by atoms with Crippen LogP contribution in [0.15, 0.2) is 41.5 Å². The van der Waals surface area contributed by atoms with Crippen LogP contribution in [-0.2, 0) is 11.2 Å². The molecule has 1 aliphatic heterocycles. The zero-order valence-corrected chi connectivity index (χ0v) is 15.3. The maximum atomic E-state index is 12.6. The van der Waals surface area contributed by atoms with Gasteiger partial charge in [0.2, 0.25) is 5.91 Å². The molecule has 0 aliphatic carbocycles. The number of aromatic hydroxyl groups is 1. The molecule has 3 rings (SSSR count). The lowest BCUT2D eigenvalue weighted by Crippen LogP contribution is -2.25. The number of halogens is 1. The van der Waals surface area contributed by atoms with Gasteiger partial charge in [-0.15, -0.1) is 0 Å². The minimum Gasteiger partial charge on any atom is -0.508 e. The number of phenols is 1. The molecule has 1 N–H and O–H groups in total. The Morgan fingerprint density at radius 1 is 1.19 bits per heavy atom. The van der Waals surface area contributed by atoms with Gasteiger partial charge in [0, 0.05) is 17.5 Å². The fraction of sp³-hybridized carbons (Fsp3) is 0.263. The van der Waals surface area contributed by atoms with E-state index in [0.717, 1.165) is 11.3 Å². The fourth-order valence-corrected chi connectivity index (χ4v) is 3.00. The number of rotatable bonds is 5. The first kappa shape index (κ1) is 18.1. The van der Waals surface area contributed by atoms with Gasteiger partial charge < -0.3 is 14.6 Å². The number of carbonyl (C=O) groups is 1. The summed E-state index contributed by atoms with van der Waals surface area (Å²) in [5, 5.41) is 15.7. The largest absolute Gasteiger partial charge is 0.508 e. The second-order valence-electron chi connectivity index (χ2n) is 5.84. The predicted molar refractivity (Wildman–Crippen MR) is 99.2 cm³/mol. The number of nitrogens with zero attached hydrogens (tertiary/aromatic N) is 2. The van der Waals surface area contributed by atoms with Crippen LogP contribution >= 0.6 is 11.6 Å². The van der Waals surface area contributed by atoms with E-state index >= 15 is 0 Å². The molecular weight excluding hydrogens is 356 g/mol. The third-order valence-electron chi connectivity index (χ3n) is 4.18. The molecule has 1 aliphatic rings. The number of carbonyl (C=O) groups excluding carboxylic acids is 1. The quantitative estimate of drug-likeness (QED) is 0.872. The summed E-state index contributed by atoms with van der Waals surface area (Å²) in [6, 6.07) is 10.1. The first-order valence-electron chi connectivity index (χ1n) is 8.09. The molecule has 0 spiro atoms. The molecule has 2 aromatic rings. The van der Waals surface area contributed by atoms with Gasteiger partial charge in [0.1, 0.15) is 5.75 Å². The average molecular weight is 375 g/mol. The van der Waals surface area contributed by atoms with Crippen LogP contribution in [0.3, 0.4) is 0 Å². The van der Waals surface area contributed by atoms with Gasteiger partial charge in [-0.2, -0.15) is 5.10 Å². The van der Waals surface area contributed by atoms with Crippen LogP contribution < -0.4 is 9.47 Å². The standard InChI is InChI=1S/C19H19ClN2O4/c1-25-17-9-13(15(20)11-18(17)26-2)10-19(24)22-8-7-16(21-22)12-3-5-14(23)6-4-12/h3-6,9,11,23H,7-8,10H2,1-2H3. The summed E-state index contributed by atoms with van der Waals surface area (Å²) in [6.45, 7) is 0.514. The number of hydrogen-bond donors (Lipinski definition) is 1. The Hall–Kier alpha value is -2.73. The second-order valence-corrected chi connectivity index (χ2v) is 6.24. The zero-order chi connectivity index (χ0) is 18.7. The van der Waals surface area contributed by atoms with Crippen LogP contribution in [0.2, 0.25) is 5.02 Å². The van der Waals surface area contributed by atoms with Crippen molar-refractivity contribution < 1.29 is 19.4 Å². The molecule has 0 fully saturated rings.